The van der Waals surface area contributed by atoms with Gasteiger partial charge in [0.05, 0.1) is 5.69 Å². The van der Waals surface area contributed by atoms with Crippen molar-refractivity contribution in [2.45, 2.75) is 13.8 Å². The monoisotopic (exact) mass is 180 g/mol. The van der Waals surface area contributed by atoms with E-state index in [0.717, 1.165) is 37.7 Å². The smallest absolute Gasteiger partial charge is 0.124 e. The van der Waals surface area contributed by atoms with Gasteiger partial charge in [0.15, 0.2) is 0 Å². The van der Waals surface area contributed by atoms with E-state index in [1.165, 1.54) is 5.69 Å². The third kappa shape index (κ3) is 1.70. The van der Waals surface area contributed by atoms with Crippen LogP contribution in [0.15, 0.2) is 10.5 Å². The van der Waals surface area contributed by atoms with Crippen molar-refractivity contribution in [1.29, 1.82) is 0 Å². The highest BCUT2D eigenvalue weighted by Crippen LogP contribution is 2.23. The summed E-state index contributed by atoms with van der Waals surface area (Å²) in [7, 11) is 0. The first kappa shape index (κ1) is 8.63. The zero-order valence-corrected chi connectivity index (χ0v) is 8.26. The fourth-order valence-corrected chi connectivity index (χ4v) is 1.84. The molecule has 0 amide bonds. The van der Waals surface area contributed by atoms with Gasteiger partial charge in [-0.05, 0) is 13.8 Å². The van der Waals surface area contributed by atoms with E-state index in [9.17, 15) is 0 Å². The van der Waals surface area contributed by atoms with Crippen molar-refractivity contribution in [3.05, 3.63) is 17.6 Å². The molecule has 13 heavy (non-hydrogen) atoms. The Morgan fingerprint density at radius 1 is 1.31 bits per heavy atom. The van der Waals surface area contributed by atoms with Crippen molar-refractivity contribution < 1.29 is 4.42 Å². The van der Waals surface area contributed by atoms with Gasteiger partial charge in [0.2, 0.25) is 0 Å². The van der Waals surface area contributed by atoms with E-state index in [0.29, 0.717) is 0 Å². The Morgan fingerprint density at radius 3 is 2.54 bits per heavy atom. The van der Waals surface area contributed by atoms with Gasteiger partial charge in [-0.3, -0.25) is 0 Å². The van der Waals surface area contributed by atoms with Crippen LogP contribution < -0.4 is 10.2 Å². The second-order valence-corrected chi connectivity index (χ2v) is 3.54. The van der Waals surface area contributed by atoms with Crippen LogP contribution in [0.1, 0.15) is 11.5 Å². The van der Waals surface area contributed by atoms with Crippen molar-refractivity contribution in [2.75, 3.05) is 31.1 Å². The Kier molecular flexibility index (Phi) is 2.27. The summed E-state index contributed by atoms with van der Waals surface area (Å²) in [5.41, 5.74) is 1.26. The normalized spacial score (nSPS) is 17.8. The molecular formula is C10H16N2O. The van der Waals surface area contributed by atoms with Crippen molar-refractivity contribution in [3.8, 4) is 0 Å². The van der Waals surface area contributed by atoms with Crippen molar-refractivity contribution in [2.24, 2.45) is 0 Å². The number of furan rings is 1. The Hall–Kier alpha value is -0.960. The lowest BCUT2D eigenvalue weighted by atomic mass is 10.3. The molecule has 1 aliphatic rings. The summed E-state index contributed by atoms with van der Waals surface area (Å²) in [5.74, 6) is 2.05. The molecule has 1 aromatic heterocycles. The van der Waals surface area contributed by atoms with Gasteiger partial charge in [0.25, 0.3) is 0 Å². The Balaban J connectivity index is 2.18. The molecule has 0 atom stereocenters. The van der Waals surface area contributed by atoms with Crippen LogP contribution in [0.25, 0.3) is 0 Å². The van der Waals surface area contributed by atoms with E-state index in [1.54, 1.807) is 0 Å². The maximum absolute atomic E-state index is 5.51. The number of nitrogens with one attached hydrogen (secondary N) is 1. The summed E-state index contributed by atoms with van der Waals surface area (Å²) in [4.78, 5) is 2.38. The van der Waals surface area contributed by atoms with Crippen molar-refractivity contribution in [1.82, 2.24) is 5.32 Å². The molecule has 2 rings (SSSR count). The molecule has 1 fully saturated rings. The maximum Gasteiger partial charge on any atom is 0.124 e. The van der Waals surface area contributed by atoms with Crippen LogP contribution in [0.2, 0.25) is 0 Å². The molecule has 1 aliphatic heterocycles. The van der Waals surface area contributed by atoms with Crippen LogP contribution >= 0.6 is 0 Å². The fraction of sp³-hybridized carbons (Fsp3) is 0.600. The van der Waals surface area contributed by atoms with E-state index in [4.69, 9.17) is 4.42 Å². The van der Waals surface area contributed by atoms with E-state index < -0.39 is 0 Å². The topological polar surface area (TPSA) is 28.4 Å². The first-order valence-electron chi connectivity index (χ1n) is 4.80. The first-order chi connectivity index (χ1) is 6.27. The number of nitrogens with zero attached hydrogens (tertiary/aromatic N) is 1. The first-order valence-corrected chi connectivity index (χ1v) is 4.80. The Bertz CT molecular complexity index is 287. The minimum absolute atomic E-state index is 1.01. The number of piperazine rings is 1. The lowest BCUT2D eigenvalue weighted by Gasteiger charge is -2.28. The molecule has 3 nitrogen and oxygen atoms in total. The summed E-state index contributed by atoms with van der Waals surface area (Å²) in [6, 6.07) is 2.13. The van der Waals surface area contributed by atoms with Crippen LogP contribution in [0, 0.1) is 13.8 Å². The average Bonchev–Trinajstić information content (AvgIpc) is 2.47. The van der Waals surface area contributed by atoms with Gasteiger partial charge >= 0.3 is 0 Å². The van der Waals surface area contributed by atoms with Gasteiger partial charge < -0.3 is 14.6 Å². The van der Waals surface area contributed by atoms with Crippen LogP contribution in [0.4, 0.5) is 5.69 Å². The van der Waals surface area contributed by atoms with Gasteiger partial charge in [-0.25, -0.2) is 0 Å². The average molecular weight is 180 g/mol. The minimum Gasteiger partial charge on any atom is -0.464 e. The van der Waals surface area contributed by atoms with Gasteiger partial charge in [-0.2, -0.15) is 0 Å². The van der Waals surface area contributed by atoms with E-state index >= 15 is 0 Å². The zero-order chi connectivity index (χ0) is 9.26. The summed E-state index contributed by atoms with van der Waals surface area (Å²) in [6.45, 7) is 8.34. The molecule has 72 valence electrons. The highest BCUT2D eigenvalue weighted by Gasteiger charge is 2.14. The third-order valence-corrected chi connectivity index (χ3v) is 2.47. The SMILES string of the molecule is Cc1cc(N2CCNCC2)c(C)o1. The highest BCUT2D eigenvalue weighted by atomic mass is 16.3. The predicted octanol–water partition coefficient (Wildman–Crippen LogP) is 1.31. The molecule has 0 spiro atoms. The molecule has 3 heteroatoms. The fourth-order valence-electron chi connectivity index (χ4n) is 1.84. The number of hydrogen-bond donors (Lipinski definition) is 1. The van der Waals surface area contributed by atoms with Crippen molar-refractivity contribution in [3.63, 3.8) is 0 Å². The van der Waals surface area contributed by atoms with E-state index in [-0.39, 0.29) is 0 Å². The maximum atomic E-state index is 5.51. The standard InChI is InChI=1S/C10H16N2O/c1-8-7-10(9(2)13-8)12-5-3-11-4-6-12/h7,11H,3-6H2,1-2H3. The molecule has 1 aromatic rings. The molecular weight excluding hydrogens is 164 g/mol. The lowest BCUT2D eigenvalue weighted by Crippen LogP contribution is -2.43. The van der Waals surface area contributed by atoms with Gasteiger partial charge in [0.1, 0.15) is 11.5 Å². The quantitative estimate of drug-likeness (QED) is 0.706. The minimum atomic E-state index is 1.01. The lowest BCUT2D eigenvalue weighted by molar-refractivity contribution is 0.501. The Morgan fingerprint density at radius 2 is 2.00 bits per heavy atom. The molecule has 1 N–H and O–H groups in total. The van der Waals surface area contributed by atoms with Crippen LogP contribution in [0.3, 0.4) is 0 Å². The molecule has 0 aromatic carbocycles. The second kappa shape index (κ2) is 3.42. The van der Waals surface area contributed by atoms with Gasteiger partial charge in [0, 0.05) is 32.2 Å². The molecule has 0 bridgehead atoms. The number of rotatable bonds is 1. The van der Waals surface area contributed by atoms with Gasteiger partial charge in [-0.15, -0.1) is 0 Å². The molecule has 0 radical (unpaired) electrons. The summed E-state index contributed by atoms with van der Waals surface area (Å²) in [6.07, 6.45) is 0. The van der Waals surface area contributed by atoms with E-state index in [1.807, 2.05) is 13.8 Å². The summed E-state index contributed by atoms with van der Waals surface area (Å²) < 4.78 is 5.51. The number of anilines is 1. The molecule has 0 saturated carbocycles. The summed E-state index contributed by atoms with van der Waals surface area (Å²) in [5, 5.41) is 3.34. The van der Waals surface area contributed by atoms with Gasteiger partial charge in [-0.1, -0.05) is 0 Å². The molecule has 0 unspecified atom stereocenters. The zero-order valence-electron chi connectivity index (χ0n) is 8.26. The predicted molar refractivity (Wildman–Crippen MR) is 53.3 cm³/mol. The van der Waals surface area contributed by atoms with Crippen LogP contribution in [0.5, 0.6) is 0 Å². The largest absolute Gasteiger partial charge is 0.464 e. The summed E-state index contributed by atoms with van der Waals surface area (Å²) >= 11 is 0. The molecule has 2 heterocycles. The Labute approximate surface area is 78.7 Å². The third-order valence-electron chi connectivity index (χ3n) is 2.47. The highest BCUT2D eigenvalue weighted by molar-refractivity contribution is 5.51. The second-order valence-electron chi connectivity index (χ2n) is 3.54. The number of hydrogen-bond acceptors (Lipinski definition) is 3. The van der Waals surface area contributed by atoms with Crippen LogP contribution in [-0.2, 0) is 0 Å². The van der Waals surface area contributed by atoms with Crippen molar-refractivity contribution >= 4 is 5.69 Å². The number of aryl methyl sites for hydroxylation is 2. The van der Waals surface area contributed by atoms with Crippen LogP contribution in [-0.4, -0.2) is 26.2 Å². The molecule has 1 saturated heterocycles. The molecule has 0 aliphatic carbocycles. The van der Waals surface area contributed by atoms with E-state index in [2.05, 4.69) is 16.3 Å².